The SMILES string of the molecule is C=C(CSc1cnc(/N=C(\C)N/C(C)=C\C)c(Oc2ccccc2)c1)/C(=C\C=C/C)OC. The molecule has 1 N–H and O–H groups in total. The molecule has 0 bridgehead atoms. The van der Waals surface area contributed by atoms with Gasteiger partial charge in [0, 0.05) is 22.5 Å². The van der Waals surface area contributed by atoms with Crippen LogP contribution in [-0.2, 0) is 4.74 Å². The second-order valence-corrected chi connectivity index (χ2v) is 7.90. The first-order chi connectivity index (χ1) is 15.5. The Morgan fingerprint density at radius 3 is 2.62 bits per heavy atom. The molecule has 2 aromatic rings. The Hall–Kier alpha value is -3.25. The van der Waals surface area contributed by atoms with Crippen molar-refractivity contribution in [1.29, 1.82) is 0 Å². The van der Waals surface area contributed by atoms with E-state index in [2.05, 4.69) is 21.9 Å². The van der Waals surface area contributed by atoms with Gasteiger partial charge in [-0.05, 0) is 57.5 Å². The number of pyridine rings is 1. The monoisotopic (exact) mass is 449 g/mol. The van der Waals surface area contributed by atoms with E-state index >= 15 is 0 Å². The molecule has 0 unspecified atom stereocenters. The number of hydrogen-bond donors (Lipinski definition) is 1. The first-order valence-electron chi connectivity index (χ1n) is 10.3. The van der Waals surface area contributed by atoms with E-state index in [1.807, 2.05) is 88.4 Å². The van der Waals surface area contributed by atoms with E-state index in [0.29, 0.717) is 17.3 Å². The number of benzene rings is 1. The fourth-order valence-electron chi connectivity index (χ4n) is 2.57. The van der Waals surface area contributed by atoms with Crippen LogP contribution in [0.5, 0.6) is 11.5 Å². The van der Waals surface area contributed by atoms with Crippen LogP contribution in [0.1, 0.15) is 27.7 Å². The summed E-state index contributed by atoms with van der Waals surface area (Å²) in [6.45, 7) is 12.0. The van der Waals surface area contributed by atoms with Crippen molar-refractivity contribution in [3.05, 3.63) is 90.5 Å². The maximum Gasteiger partial charge on any atom is 0.197 e. The standard InChI is InChI=1S/C26H31N3O2S/c1-7-9-15-24(30-6)19(3)18-32-23-16-25(31-22-13-11-10-12-14-22)26(27-17-23)29-21(5)28-20(4)8-2/h7-17H,3,18H2,1-2,4-6H3,(H,27,28,29)/b9-7-,20-8-,24-15+. The summed E-state index contributed by atoms with van der Waals surface area (Å²) in [5.41, 5.74) is 1.91. The highest BCUT2D eigenvalue weighted by Crippen LogP contribution is 2.34. The molecular formula is C26H31N3O2S. The molecule has 0 saturated carbocycles. The maximum atomic E-state index is 6.12. The number of amidine groups is 1. The average molecular weight is 450 g/mol. The number of rotatable bonds is 10. The predicted octanol–water partition coefficient (Wildman–Crippen LogP) is 7.19. The van der Waals surface area contributed by atoms with E-state index in [-0.39, 0.29) is 0 Å². The lowest BCUT2D eigenvalue weighted by Gasteiger charge is -2.12. The highest BCUT2D eigenvalue weighted by Gasteiger charge is 2.11. The first-order valence-corrected chi connectivity index (χ1v) is 11.3. The van der Waals surface area contributed by atoms with E-state index in [0.717, 1.165) is 33.5 Å². The van der Waals surface area contributed by atoms with Gasteiger partial charge in [0.15, 0.2) is 11.6 Å². The summed E-state index contributed by atoms with van der Waals surface area (Å²) in [6, 6.07) is 11.6. The van der Waals surface area contributed by atoms with Crippen molar-refractivity contribution in [2.45, 2.75) is 32.6 Å². The molecule has 32 heavy (non-hydrogen) atoms. The number of thioether (sulfide) groups is 1. The van der Waals surface area contributed by atoms with Crippen LogP contribution in [0.25, 0.3) is 0 Å². The summed E-state index contributed by atoms with van der Waals surface area (Å²) in [6.07, 6.45) is 9.57. The maximum absolute atomic E-state index is 6.12. The van der Waals surface area contributed by atoms with Gasteiger partial charge in [-0.25, -0.2) is 9.98 Å². The van der Waals surface area contributed by atoms with E-state index in [4.69, 9.17) is 9.47 Å². The number of ether oxygens (including phenoxy) is 2. The van der Waals surface area contributed by atoms with Crippen LogP contribution >= 0.6 is 11.8 Å². The molecule has 0 radical (unpaired) electrons. The van der Waals surface area contributed by atoms with Crippen LogP contribution in [0.15, 0.2) is 100 Å². The second-order valence-electron chi connectivity index (χ2n) is 6.85. The zero-order valence-electron chi connectivity index (χ0n) is 19.4. The van der Waals surface area contributed by atoms with Crippen LogP contribution < -0.4 is 10.1 Å². The Kier molecular flexibility index (Phi) is 10.3. The van der Waals surface area contributed by atoms with E-state index in [1.165, 1.54) is 0 Å². The fraction of sp³-hybridized carbons (Fsp3) is 0.231. The normalized spacial score (nSPS) is 12.7. The molecule has 1 aromatic heterocycles. The van der Waals surface area contributed by atoms with Gasteiger partial charge in [0.25, 0.3) is 0 Å². The van der Waals surface area contributed by atoms with Crippen LogP contribution in [0.2, 0.25) is 0 Å². The summed E-state index contributed by atoms with van der Waals surface area (Å²) in [5.74, 6) is 3.97. The molecule has 0 fully saturated rings. The number of methoxy groups -OCH3 is 1. The lowest BCUT2D eigenvalue weighted by Crippen LogP contribution is -2.17. The molecule has 0 saturated heterocycles. The van der Waals surface area contributed by atoms with Crippen molar-refractivity contribution < 1.29 is 9.47 Å². The summed E-state index contributed by atoms with van der Waals surface area (Å²) in [5, 5.41) is 3.23. The Bertz CT molecular complexity index is 1020. The lowest BCUT2D eigenvalue weighted by atomic mass is 10.2. The van der Waals surface area contributed by atoms with E-state index < -0.39 is 0 Å². The molecule has 0 amide bonds. The van der Waals surface area contributed by atoms with Gasteiger partial charge in [-0.3, -0.25) is 0 Å². The third kappa shape index (κ3) is 8.12. The predicted molar refractivity (Wildman–Crippen MR) is 136 cm³/mol. The molecule has 0 aliphatic carbocycles. The highest BCUT2D eigenvalue weighted by molar-refractivity contribution is 7.99. The highest BCUT2D eigenvalue weighted by atomic mass is 32.2. The van der Waals surface area contributed by atoms with Gasteiger partial charge < -0.3 is 14.8 Å². The minimum Gasteiger partial charge on any atom is -0.496 e. The largest absolute Gasteiger partial charge is 0.496 e. The van der Waals surface area contributed by atoms with Gasteiger partial charge in [0.05, 0.1) is 7.11 Å². The molecule has 0 aliphatic heterocycles. The zero-order chi connectivity index (χ0) is 23.3. The quantitative estimate of drug-likeness (QED) is 0.137. The fourth-order valence-corrected chi connectivity index (χ4v) is 3.37. The van der Waals surface area contributed by atoms with Gasteiger partial charge in [-0.15, -0.1) is 11.8 Å². The van der Waals surface area contributed by atoms with E-state index in [9.17, 15) is 0 Å². The molecule has 0 atom stereocenters. The van der Waals surface area contributed by atoms with Crippen molar-refractivity contribution in [3.8, 4) is 11.5 Å². The number of para-hydroxylation sites is 1. The van der Waals surface area contributed by atoms with Gasteiger partial charge in [-0.1, -0.05) is 43.0 Å². The summed E-state index contributed by atoms with van der Waals surface area (Å²) >= 11 is 1.61. The lowest BCUT2D eigenvalue weighted by molar-refractivity contribution is 0.301. The Labute approximate surface area is 195 Å². The van der Waals surface area contributed by atoms with Gasteiger partial charge in [0.1, 0.15) is 17.3 Å². The summed E-state index contributed by atoms with van der Waals surface area (Å²) in [4.78, 5) is 10.1. The zero-order valence-corrected chi connectivity index (χ0v) is 20.2. The Morgan fingerprint density at radius 2 is 1.97 bits per heavy atom. The van der Waals surface area contributed by atoms with Crippen molar-refractivity contribution in [2.24, 2.45) is 4.99 Å². The number of aliphatic imine (C=N–C) groups is 1. The summed E-state index contributed by atoms with van der Waals surface area (Å²) in [7, 11) is 1.65. The van der Waals surface area contributed by atoms with Crippen LogP contribution in [0.3, 0.4) is 0 Å². The molecule has 0 aliphatic rings. The molecule has 1 heterocycles. The third-order valence-electron chi connectivity index (χ3n) is 4.29. The Morgan fingerprint density at radius 1 is 1.22 bits per heavy atom. The molecule has 6 heteroatoms. The number of nitrogens with one attached hydrogen (secondary N) is 1. The van der Waals surface area contributed by atoms with Crippen molar-refractivity contribution >= 4 is 23.4 Å². The molecule has 2 rings (SSSR count). The van der Waals surface area contributed by atoms with Crippen molar-refractivity contribution in [1.82, 2.24) is 10.3 Å². The minimum absolute atomic E-state index is 0.511. The molecule has 168 valence electrons. The van der Waals surface area contributed by atoms with Crippen LogP contribution in [-0.4, -0.2) is 23.7 Å². The number of aromatic nitrogens is 1. The molecule has 1 aromatic carbocycles. The first kappa shape index (κ1) is 25.0. The van der Waals surface area contributed by atoms with Gasteiger partial charge >= 0.3 is 0 Å². The Balaban J connectivity index is 2.27. The van der Waals surface area contributed by atoms with Gasteiger partial charge in [0.2, 0.25) is 0 Å². The smallest absolute Gasteiger partial charge is 0.197 e. The van der Waals surface area contributed by atoms with E-state index in [1.54, 1.807) is 25.1 Å². The average Bonchev–Trinajstić information content (AvgIpc) is 2.80. The van der Waals surface area contributed by atoms with Crippen molar-refractivity contribution in [2.75, 3.05) is 12.9 Å². The second kappa shape index (κ2) is 13.2. The molecular weight excluding hydrogens is 418 g/mol. The van der Waals surface area contributed by atoms with Crippen LogP contribution in [0, 0.1) is 0 Å². The minimum atomic E-state index is 0.511. The topological polar surface area (TPSA) is 55.7 Å². The molecule has 0 spiro atoms. The molecule has 5 nitrogen and oxygen atoms in total. The summed E-state index contributed by atoms with van der Waals surface area (Å²) < 4.78 is 11.6. The number of hydrogen-bond acceptors (Lipinski definition) is 5. The third-order valence-corrected chi connectivity index (χ3v) is 5.33. The number of allylic oxidation sites excluding steroid dienone is 6. The number of nitrogens with zero attached hydrogens (tertiary/aromatic N) is 2. The van der Waals surface area contributed by atoms with Gasteiger partial charge in [-0.2, -0.15) is 0 Å². The van der Waals surface area contributed by atoms with Crippen molar-refractivity contribution in [3.63, 3.8) is 0 Å². The van der Waals surface area contributed by atoms with Crippen LogP contribution in [0.4, 0.5) is 5.82 Å².